The van der Waals surface area contributed by atoms with Crippen LogP contribution in [0.15, 0.2) is 35.2 Å². The van der Waals surface area contributed by atoms with Crippen molar-refractivity contribution in [1.29, 1.82) is 0 Å². The van der Waals surface area contributed by atoms with Crippen molar-refractivity contribution in [3.8, 4) is 17.1 Å². The summed E-state index contributed by atoms with van der Waals surface area (Å²) in [6.07, 6.45) is 6.55. The summed E-state index contributed by atoms with van der Waals surface area (Å²) >= 11 is 0. The fourth-order valence-corrected chi connectivity index (χ4v) is 2.71. The molecule has 122 valence electrons. The van der Waals surface area contributed by atoms with E-state index >= 15 is 0 Å². The van der Waals surface area contributed by atoms with E-state index in [-0.39, 0.29) is 12.0 Å². The number of aromatic nitrogens is 1. The van der Waals surface area contributed by atoms with Crippen molar-refractivity contribution in [3.05, 3.63) is 30.8 Å². The Bertz CT molecular complexity index is 649. The topological polar surface area (TPSA) is 73.6 Å². The van der Waals surface area contributed by atoms with Gasteiger partial charge in [0.2, 0.25) is 5.91 Å². The molecular formula is C17H20N2O4. The number of carbonyl (C=O) groups excluding carboxylic acids is 1. The molecule has 0 spiro atoms. The molecule has 1 aliphatic rings. The van der Waals surface area contributed by atoms with Crippen molar-refractivity contribution in [2.24, 2.45) is 0 Å². The van der Waals surface area contributed by atoms with E-state index in [2.05, 4.69) is 10.3 Å². The lowest BCUT2D eigenvalue weighted by Crippen LogP contribution is -2.25. The molecule has 0 radical (unpaired) electrons. The molecule has 3 rings (SSSR count). The molecule has 6 nitrogen and oxygen atoms in total. The molecule has 1 N–H and O–H groups in total. The van der Waals surface area contributed by atoms with Crippen molar-refractivity contribution in [2.45, 2.75) is 31.8 Å². The lowest BCUT2D eigenvalue weighted by Gasteiger charge is -2.22. The molecule has 0 aliphatic carbocycles. The molecule has 1 amide bonds. The van der Waals surface area contributed by atoms with Gasteiger partial charge < -0.3 is 19.2 Å². The molecule has 1 atom stereocenters. The minimum Gasteiger partial charge on any atom is -0.496 e. The summed E-state index contributed by atoms with van der Waals surface area (Å²) < 4.78 is 16.3. The average molecular weight is 316 g/mol. The summed E-state index contributed by atoms with van der Waals surface area (Å²) in [4.78, 5) is 16.0. The van der Waals surface area contributed by atoms with E-state index in [0.29, 0.717) is 23.6 Å². The first-order chi connectivity index (χ1) is 11.3. The van der Waals surface area contributed by atoms with E-state index in [1.54, 1.807) is 19.4 Å². The second-order valence-corrected chi connectivity index (χ2v) is 5.52. The molecule has 0 saturated carbocycles. The number of anilines is 1. The molecule has 2 heterocycles. The molecule has 6 heteroatoms. The SMILES string of the molecule is COc1cc(NC(=O)CC2CCCCO2)ccc1-c1cnco1. The van der Waals surface area contributed by atoms with Gasteiger partial charge in [-0.25, -0.2) is 4.98 Å². The third-order valence-corrected chi connectivity index (χ3v) is 3.87. The predicted molar refractivity (Wildman–Crippen MR) is 85.3 cm³/mol. The quantitative estimate of drug-likeness (QED) is 0.916. The molecule has 1 fully saturated rings. The minimum absolute atomic E-state index is 0.0270. The largest absolute Gasteiger partial charge is 0.496 e. The standard InChI is InChI=1S/C17H20N2O4/c1-21-15-8-12(5-6-14(15)16-10-18-11-23-16)19-17(20)9-13-4-2-3-7-22-13/h5-6,8,10-11,13H,2-4,7,9H2,1H3,(H,19,20). The van der Waals surface area contributed by atoms with Crippen LogP contribution in [-0.4, -0.2) is 30.7 Å². The first kappa shape index (κ1) is 15.6. The fraction of sp³-hybridized carbons (Fsp3) is 0.412. The number of rotatable bonds is 5. The van der Waals surface area contributed by atoms with E-state index in [9.17, 15) is 4.79 Å². The highest BCUT2D eigenvalue weighted by Crippen LogP contribution is 2.32. The highest BCUT2D eigenvalue weighted by atomic mass is 16.5. The first-order valence-corrected chi connectivity index (χ1v) is 7.74. The summed E-state index contributed by atoms with van der Waals surface area (Å²) in [6, 6.07) is 5.43. The average Bonchev–Trinajstić information content (AvgIpc) is 3.10. The maximum absolute atomic E-state index is 12.1. The molecular weight excluding hydrogens is 296 g/mol. The van der Waals surface area contributed by atoms with Gasteiger partial charge in [0.15, 0.2) is 12.2 Å². The summed E-state index contributed by atoms with van der Waals surface area (Å²) in [6.45, 7) is 0.748. The Labute approximate surface area is 134 Å². The third kappa shape index (κ3) is 3.90. The van der Waals surface area contributed by atoms with Gasteiger partial charge in [0.25, 0.3) is 0 Å². The van der Waals surface area contributed by atoms with Crippen molar-refractivity contribution in [2.75, 3.05) is 19.0 Å². The van der Waals surface area contributed by atoms with Gasteiger partial charge in [0.1, 0.15) is 5.75 Å². The molecule has 1 unspecified atom stereocenters. The van der Waals surface area contributed by atoms with Crippen molar-refractivity contribution < 1.29 is 18.7 Å². The summed E-state index contributed by atoms with van der Waals surface area (Å²) in [5, 5.41) is 2.89. The maximum atomic E-state index is 12.1. The van der Waals surface area contributed by atoms with Gasteiger partial charge in [-0.15, -0.1) is 0 Å². The molecule has 1 aromatic heterocycles. The molecule has 2 aromatic rings. The van der Waals surface area contributed by atoms with Crippen LogP contribution in [0.2, 0.25) is 0 Å². The van der Waals surface area contributed by atoms with Crippen LogP contribution < -0.4 is 10.1 Å². The van der Waals surface area contributed by atoms with Crippen molar-refractivity contribution in [3.63, 3.8) is 0 Å². The second kappa shape index (κ2) is 7.28. The number of nitrogens with one attached hydrogen (secondary N) is 1. The number of amides is 1. The number of nitrogens with zero attached hydrogens (tertiary/aromatic N) is 1. The Hall–Kier alpha value is -2.34. The lowest BCUT2D eigenvalue weighted by molar-refractivity contribution is -0.119. The predicted octanol–water partition coefficient (Wildman–Crippen LogP) is 3.25. The van der Waals surface area contributed by atoms with Crippen LogP contribution in [0.25, 0.3) is 11.3 Å². The second-order valence-electron chi connectivity index (χ2n) is 5.52. The van der Waals surface area contributed by atoms with Crippen LogP contribution in [-0.2, 0) is 9.53 Å². The van der Waals surface area contributed by atoms with Crippen molar-refractivity contribution in [1.82, 2.24) is 4.98 Å². The van der Waals surface area contributed by atoms with Crippen LogP contribution in [0.1, 0.15) is 25.7 Å². The van der Waals surface area contributed by atoms with E-state index in [1.807, 2.05) is 12.1 Å². The summed E-state index contributed by atoms with van der Waals surface area (Å²) in [7, 11) is 1.58. The van der Waals surface area contributed by atoms with Gasteiger partial charge in [-0.3, -0.25) is 4.79 Å². The lowest BCUT2D eigenvalue weighted by atomic mass is 10.1. The van der Waals surface area contributed by atoms with E-state index < -0.39 is 0 Å². The highest BCUT2D eigenvalue weighted by Gasteiger charge is 2.18. The fourth-order valence-electron chi connectivity index (χ4n) is 2.71. The molecule has 1 saturated heterocycles. The first-order valence-electron chi connectivity index (χ1n) is 7.74. The van der Waals surface area contributed by atoms with E-state index in [0.717, 1.165) is 31.4 Å². The smallest absolute Gasteiger partial charge is 0.226 e. The monoisotopic (exact) mass is 316 g/mol. The van der Waals surface area contributed by atoms with Crippen molar-refractivity contribution >= 4 is 11.6 Å². The van der Waals surface area contributed by atoms with Gasteiger partial charge >= 0.3 is 0 Å². The summed E-state index contributed by atoms with van der Waals surface area (Å²) in [5.41, 5.74) is 1.48. The van der Waals surface area contributed by atoms with Gasteiger partial charge in [-0.2, -0.15) is 0 Å². The normalized spacial score (nSPS) is 17.7. The van der Waals surface area contributed by atoms with Crippen LogP contribution >= 0.6 is 0 Å². The Balaban J connectivity index is 1.67. The maximum Gasteiger partial charge on any atom is 0.226 e. The highest BCUT2D eigenvalue weighted by molar-refractivity contribution is 5.91. The Morgan fingerprint density at radius 1 is 1.43 bits per heavy atom. The zero-order chi connectivity index (χ0) is 16.1. The van der Waals surface area contributed by atoms with Gasteiger partial charge in [-0.05, 0) is 31.4 Å². The van der Waals surface area contributed by atoms with Gasteiger partial charge in [0, 0.05) is 18.4 Å². The summed E-state index contributed by atoms with van der Waals surface area (Å²) in [5.74, 6) is 1.19. The Morgan fingerprint density at radius 2 is 2.35 bits per heavy atom. The van der Waals surface area contributed by atoms with Crippen LogP contribution in [0.5, 0.6) is 5.75 Å². The van der Waals surface area contributed by atoms with Crippen LogP contribution in [0.4, 0.5) is 5.69 Å². The molecule has 1 aliphatic heterocycles. The molecule has 1 aromatic carbocycles. The number of methoxy groups -OCH3 is 1. The minimum atomic E-state index is -0.0497. The Kier molecular flexibility index (Phi) is 4.92. The zero-order valence-electron chi connectivity index (χ0n) is 13.1. The number of benzene rings is 1. The van der Waals surface area contributed by atoms with E-state index in [4.69, 9.17) is 13.9 Å². The van der Waals surface area contributed by atoms with Gasteiger partial charge in [-0.1, -0.05) is 0 Å². The number of ether oxygens (including phenoxy) is 2. The number of hydrogen-bond acceptors (Lipinski definition) is 5. The number of hydrogen-bond donors (Lipinski definition) is 1. The zero-order valence-corrected chi connectivity index (χ0v) is 13.1. The number of carbonyl (C=O) groups is 1. The van der Waals surface area contributed by atoms with E-state index in [1.165, 1.54) is 6.39 Å². The Morgan fingerprint density at radius 3 is 3.04 bits per heavy atom. The molecule has 23 heavy (non-hydrogen) atoms. The number of oxazole rings is 1. The third-order valence-electron chi connectivity index (χ3n) is 3.87. The van der Waals surface area contributed by atoms with Crippen LogP contribution in [0, 0.1) is 0 Å². The van der Waals surface area contributed by atoms with Gasteiger partial charge in [0.05, 0.1) is 31.4 Å². The molecule has 0 bridgehead atoms. The van der Waals surface area contributed by atoms with Crippen LogP contribution in [0.3, 0.4) is 0 Å².